The molecule has 3 aliphatic heterocycles. The maximum atomic E-state index is 13.8. The van der Waals surface area contributed by atoms with Crippen LogP contribution in [0, 0.1) is 5.82 Å². The van der Waals surface area contributed by atoms with Crippen molar-refractivity contribution in [1.82, 2.24) is 25.0 Å². The van der Waals surface area contributed by atoms with Crippen molar-refractivity contribution in [3.8, 4) is 11.1 Å². The molecule has 0 radical (unpaired) electrons. The van der Waals surface area contributed by atoms with Crippen molar-refractivity contribution in [2.75, 3.05) is 32.7 Å². The third-order valence-corrected chi connectivity index (χ3v) is 10.9. The van der Waals surface area contributed by atoms with Crippen LogP contribution in [0.4, 0.5) is 4.39 Å². The zero-order chi connectivity index (χ0) is 31.8. The minimum Gasteiger partial charge on any atom is -0.354 e. The minimum absolute atomic E-state index is 0.0607. The lowest BCUT2D eigenvalue weighted by Gasteiger charge is -2.34. The summed E-state index contributed by atoms with van der Waals surface area (Å²) in [6, 6.07) is 20.2. The first-order valence-corrected chi connectivity index (χ1v) is 17.1. The molecule has 46 heavy (non-hydrogen) atoms. The Bertz CT molecular complexity index is 1700. The fourth-order valence-electron chi connectivity index (χ4n) is 7.55. The standard InChI is InChI=1S/C36H41Cl2FN6O/c37-32-3-1-4-33(38)31(32)23-45-21-27-18-28(45)20-44(27)19-24-5-10-34-29(17-24)30(25-6-8-26(39)9-7-25)22-43(34)16-2-13-42-35(46)36(40)11-14-41-15-12-36/h1,3-10,17,22,27-28,41H,2,11-16,18-21,23,40H2,(H,42,46). The van der Waals surface area contributed by atoms with Crippen molar-refractivity contribution in [2.24, 2.45) is 5.73 Å². The first-order chi connectivity index (χ1) is 22.3. The van der Waals surface area contributed by atoms with Crippen LogP contribution in [-0.2, 0) is 24.4 Å². The van der Waals surface area contributed by atoms with Crippen LogP contribution in [0.5, 0.6) is 0 Å². The first kappa shape index (κ1) is 31.6. The highest BCUT2D eigenvalue weighted by Crippen LogP contribution is 2.37. The van der Waals surface area contributed by atoms with Crippen LogP contribution in [0.2, 0.25) is 10.0 Å². The Hall–Kier alpha value is -2.98. The van der Waals surface area contributed by atoms with E-state index in [1.165, 1.54) is 17.7 Å². The second kappa shape index (κ2) is 13.3. The van der Waals surface area contributed by atoms with Gasteiger partial charge in [0.1, 0.15) is 5.82 Å². The Morgan fingerprint density at radius 1 is 0.978 bits per heavy atom. The predicted octanol–water partition coefficient (Wildman–Crippen LogP) is 5.80. The number of rotatable bonds is 10. The molecule has 3 saturated heterocycles. The van der Waals surface area contributed by atoms with Crippen molar-refractivity contribution < 1.29 is 9.18 Å². The smallest absolute Gasteiger partial charge is 0.240 e. The van der Waals surface area contributed by atoms with E-state index in [9.17, 15) is 9.18 Å². The molecule has 4 N–H and O–H groups in total. The molecule has 1 amide bonds. The van der Waals surface area contributed by atoms with E-state index in [-0.39, 0.29) is 11.7 Å². The lowest BCUT2D eigenvalue weighted by Crippen LogP contribution is -2.59. The number of amides is 1. The molecule has 10 heteroatoms. The first-order valence-electron chi connectivity index (χ1n) is 16.3. The quantitative estimate of drug-likeness (QED) is 0.187. The zero-order valence-corrected chi connectivity index (χ0v) is 27.5. The molecular weight excluding hydrogens is 622 g/mol. The molecule has 3 aromatic carbocycles. The van der Waals surface area contributed by atoms with Crippen molar-refractivity contribution in [1.29, 1.82) is 0 Å². The van der Waals surface area contributed by atoms with Gasteiger partial charge in [-0.25, -0.2) is 4.39 Å². The molecule has 0 saturated carbocycles. The number of piperazine rings is 1. The van der Waals surface area contributed by atoms with Crippen molar-refractivity contribution in [2.45, 2.75) is 62.9 Å². The van der Waals surface area contributed by atoms with Gasteiger partial charge in [-0.2, -0.15) is 0 Å². The van der Waals surface area contributed by atoms with E-state index in [4.69, 9.17) is 28.9 Å². The number of nitrogens with one attached hydrogen (secondary N) is 2. The Morgan fingerprint density at radius 2 is 1.67 bits per heavy atom. The van der Waals surface area contributed by atoms with Gasteiger partial charge in [0.2, 0.25) is 5.91 Å². The Kier molecular flexibility index (Phi) is 9.11. The highest BCUT2D eigenvalue weighted by molar-refractivity contribution is 6.36. The maximum Gasteiger partial charge on any atom is 0.240 e. The third-order valence-electron chi connectivity index (χ3n) is 10.2. The molecule has 7 nitrogen and oxygen atoms in total. The number of piperidine rings is 1. The van der Waals surface area contributed by atoms with Crippen LogP contribution in [0.15, 0.2) is 66.9 Å². The van der Waals surface area contributed by atoms with Crippen LogP contribution in [0.3, 0.4) is 0 Å². The van der Waals surface area contributed by atoms with E-state index in [0.29, 0.717) is 31.5 Å². The number of aromatic nitrogens is 1. The molecule has 4 heterocycles. The zero-order valence-electron chi connectivity index (χ0n) is 26.0. The van der Waals surface area contributed by atoms with Gasteiger partial charge in [-0.3, -0.25) is 14.6 Å². The van der Waals surface area contributed by atoms with E-state index >= 15 is 0 Å². The van der Waals surface area contributed by atoms with Gasteiger partial charge in [-0.15, -0.1) is 0 Å². The number of fused-ring (bicyclic) bond motifs is 3. The number of hydrogen-bond donors (Lipinski definition) is 3. The summed E-state index contributed by atoms with van der Waals surface area (Å²) in [7, 11) is 0. The molecular formula is C36H41Cl2FN6O. The number of carbonyl (C=O) groups is 1. The van der Waals surface area contributed by atoms with Crippen LogP contribution in [-0.4, -0.2) is 70.6 Å². The molecule has 4 aromatic rings. The molecule has 2 unspecified atom stereocenters. The molecule has 1 aromatic heterocycles. The number of halogens is 3. The van der Waals surface area contributed by atoms with Crippen LogP contribution in [0.25, 0.3) is 22.0 Å². The molecule has 2 bridgehead atoms. The van der Waals surface area contributed by atoms with E-state index < -0.39 is 5.54 Å². The molecule has 0 spiro atoms. The lowest BCUT2D eigenvalue weighted by molar-refractivity contribution is -0.127. The number of aryl methyl sites for hydroxylation is 1. The van der Waals surface area contributed by atoms with Crippen molar-refractivity contribution >= 4 is 40.0 Å². The largest absolute Gasteiger partial charge is 0.354 e. The summed E-state index contributed by atoms with van der Waals surface area (Å²) >= 11 is 13.0. The van der Waals surface area contributed by atoms with Gasteiger partial charge in [0.15, 0.2) is 0 Å². The summed E-state index contributed by atoms with van der Waals surface area (Å²) in [5.41, 5.74) is 11.1. The Morgan fingerprint density at radius 3 is 2.37 bits per heavy atom. The SMILES string of the molecule is NC1(C(=O)NCCCn2cc(-c3ccc(F)cc3)c3cc(CN4CC5CC4CN5Cc4c(Cl)cccc4Cl)ccc32)CCNCC1. The summed E-state index contributed by atoms with van der Waals surface area (Å²) in [6.45, 7) is 6.53. The van der Waals surface area contributed by atoms with Crippen molar-refractivity contribution in [3.63, 3.8) is 0 Å². The lowest BCUT2D eigenvalue weighted by atomic mass is 9.88. The molecule has 3 aliphatic rings. The predicted molar refractivity (Wildman–Crippen MR) is 183 cm³/mol. The van der Waals surface area contributed by atoms with E-state index in [0.717, 1.165) is 96.3 Å². The summed E-state index contributed by atoms with van der Waals surface area (Å²) < 4.78 is 16.1. The van der Waals surface area contributed by atoms with E-state index in [1.54, 1.807) is 0 Å². The maximum absolute atomic E-state index is 13.8. The third kappa shape index (κ3) is 6.44. The van der Waals surface area contributed by atoms with Gasteiger partial charge >= 0.3 is 0 Å². The summed E-state index contributed by atoms with van der Waals surface area (Å²) in [4.78, 5) is 17.9. The van der Waals surface area contributed by atoms with E-state index in [1.807, 2.05) is 30.3 Å². The Labute approximate surface area is 279 Å². The molecule has 0 aliphatic carbocycles. The number of nitrogens with two attached hydrogens (primary N) is 1. The fourth-order valence-corrected chi connectivity index (χ4v) is 8.07. The number of likely N-dealkylation sites (tertiary alicyclic amines) is 2. The van der Waals surface area contributed by atoms with Gasteiger partial charge in [-0.1, -0.05) is 47.5 Å². The van der Waals surface area contributed by atoms with E-state index in [2.05, 4.69) is 49.4 Å². The highest BCUT2D eigenvalue weighted by Gasteiger charge is 2.43. The van der Waals surface area contributed by atoms with Gasteiger partial charge in [0.05, 0.1) is 5.54 Å². The number of hydrogen-bond acceptors (Lipinski definition) is 5. The summed E-state index contributed by atoms with van der Waals surface area (Å²) in [5, 5.41) is 8.96. The number of benzene rings is 3. The van der Waals surface area contributed by atoms with Gasteiger partial charge in [0, 0.05) is 89.6 Å². The average molecular weight is 664 g/mol. The molecule has 242 valence electrons. The summed E-state index contributed by atoms with van der Waals surface area (Å²) in [5.74, 6) is -0.306. The average Bonchev–Trinajstić information content (AvgIpc) is 3.74. The fraction of sp³-hybridized carbons (Fsp3) is 0.417. The highest BCUT2D eigenvalue weighted by atomic mass is 35.5. The number of nitrogens with zero attached hydrogens (tertiary/aromatic N) is 3. The van der Waals surface area contributed by atoms with Gasteiger partial charge in [0.25, 0.3) is 0 Å². The van der Waals surface area contributed by atoms with Crippen LogP contribution in [0.1, 0.15) is 36.8 Å². The normalized spacial score (nSPS) is 21.3. The van der Waals surface area contributed by atoms with Gasteiger partial charge < -0.3 is 20.9 Å². The molecule has 3 fully saturated rings. The second-order valence-corrected chi connectivity index (χ2v) is 14.0. The monoisotopic (exact) mass is 662 g/mol. The topological polar surface area (TPSA) is 78.6 Å². The van der Waals surface area contributed by atoms with Crippen molar-refractivity contribution in [3.05, 3.63) is 93.8 Å². The summed E-state index contributed by atoms with van der Waals surface area (Å²) in [6.07, 6.45) is 5.40. The van der Waals surface area contributed by atoms with Gasteiger partial charge in [-0.05, 0) is 86.3 Å². The number of carbonyl (C=O) groups excluding carboxylic acids is 1. The molecule has 2 atom stereocenters. The molecule has 7 rings (SSSR count). The van der Waals surface area contributed by atoms with Crippen LogP contribution < -0.4 is 16.4 Å². The van der Waals surface area contributed by atoms with Crippen LogP contribution >= 0.6 is 23.2 Å². The second-order valence-electron chi connectivity index (χ2n) is 13.2. The Balaban J connectivity index is 1.04. The minimum atomic E-state index is -0.784.